The third kappa shape index (κ3) is 5.61. The Labute approximate surface area is 299 Å². The average molecular weight is 859 g/mol. The van der Waals surface area contributed by atoms with E-state index in [1.54, 1.807) is 0 Å². The Hall–Kier alpha value is -1.74. The third-order valence-electron chi connectivity index (χ3n) is 10.4. The Balaban J connectivity index is 0.00000240. The van der Waals surface area contributed by atoms with Gasteiger partial charge < -0.3 is 0 Å². The average Bonchev–Trinajstić information content (AvgIpc) is 3.59. The van der Waals surface area contributed by atoms with Gasteiger partial charge in [-0.25, -0.2) is 0 Å². The van der Waals surface area contributed by atoms with Gasteiger partial charge in [-0.1, -0.05) is 0 Å². The summed E-state index contributed by atoms with van der Waals surface area (Å²) in [5, 5.41) is 1.50. The fraction of sp³-hybridized carbons (Fsp3) is 0.293. The number of halogens is 4. The molecule has 46 heavy (non-hydrogen) atoms. The Kier molecular flexibility index (Phi) is 10.2. The normalized spacial score (nSPS) is 14.3. The van der Waals surface area contributed by atoms with E-state index in [0.717, 1.165) is 22.9 Å². The molecule has 0 saturated carbocycles. The van der Waals surface area contributed by atoms with Crippen LogP contribution in [0.3, 0.4) is 0 Å². The SMILES string of the molecule is Cl.Cl.[CH2]=[Hf]([C]1=CC=CC1)([c]1cccc(Cl)c1)([c]1cccc(Cl)c1)[c]1c(C)c(C(C)(C)C)cc2c1Cc1cc(C)c(C(C)(C)C)cc1-2. The minimum absolute atomic E-state index is 0. The maximum atomic E-state index is 6.88. The summed E-state index contributed by atoms with van der Waals surface area (Å²) in [6.45, 7) is 18.7. The Morgan fingerprint density at radius 2 is 1.26 bits per heavy atom. The topological polar surface area (TPSA) is 0 Å². The first-order valence-electron chi connectivity index (χ1n) is 15.8. The van der Waals surface area contributed by atoms with Gasteiger partial charge in [0.25, 0.3) is 0 Å². The van der Waals surface area contributed by atoms with Crippen molar-refractivity contribution in [2.45, 2.75) is 79.1 Å². The van der Waals surface area contributed by atoms with E-state index in [1.165, 1.54) is 57.8 Å². The van der Waals surface area contributed by atoms with Crippen molar-refractivity contribution in [1.82, 2.24) is 0 Å². The minimum atomic E-state index is -5.17. The zero-order valence-corrected chi connectivity index (χ0v) is 35.0. The maximum absolute atomic E-state index is 6.88. The van der Waals surface area contributed by atoms with Gasteiger partial charge in [0.2, 0.25) is 0 Å². The molecule has 4 aromatic carbocycles. The molecule has 0 unspecified atom stereocenters. The second kappa shape index (κ2) is 12.6. The zero-order chi connectivity index (χ0) is 31.8. The number of rotatable bonds is 4. The number of aryl methyl sites for hydroxylation is 1. The van der Waals surface area contributed by atoms with E-state index in [9.17, 15) is 0 Å². The van der Waals surface area contributed by atoms with Crippen molar-refractivity contribution in [3.05, 3.63) is 132 Å². The number of hydrogen-bond donors (Lipinski definition) is 0. The fourth-order valence-corrected chi connectivity index (χ4v) is 33.7. The van der Waals surface area contributed by atoms with Crippen LogP contribution >= 0.6 is 48.0 Å². The summed E-state index contributed by atoms with van der Waals surface area (Å²) in [6.07, 6.45) is 8.67. The fourth-order valence-electron chi connectivity index (χ4n) is 8.45. The molecule has 0 N–H and O–H groups in total. The van der Waals surface area contributed by atoms with Crippen molar-refractivity contribution in [2.75, 3.05) is 0 Å². The molecule has 0 bridgehead atoms. The molecule has 2 aliphatic carbocycles. The van der Waals surface area contributed by atoms with Gasteiger partial charge in [-0.15, -0.1) is 24.8 Å². The van der Waals surface area contributed by atoms with E-state index in [2.05, 4.69) is 128 Å². The van der Waals surface area contributed by atoms with Crippen molar-refractivity contribution in [1.29, 1.82) is 0 Å². The second-order valence-electron chi connectivity index (χ2n) is 15.3. The van der Waals surface area contributed by atoms with Gasteiger partial charge >= 0.3 is 277 Å². The van der Waals surface area contributed by atoms with Crippen LogP contribution in [0.25, 0.3) is 11.1 Å². The van der Waals surface area contributed by atoms with E-state index >= 15 is 0 Å². The van der Waals surface area contributed by atoms with Crippen LogP contribution in [0.4, 0.5) is 0 Å². The van der Waals surface area contributed by atoms with Crippen LogP contribution in [0.15, 0.2) is 88.3 Å². The van der Waals surface area contributed by atoms with Gasteiger partial charge in [0.15, 0.2) is 0 Å². The van der Waals surface area contributed by atoms with Gasteiger partial charge in [0.1, 0.15) is 0 Å². The van der Waals surface area contributed by atoms with Crippen LogP contribution < -0.4 is 9.96 Å². The Morgan fingerprint density at radius 3 is 1.74 bits per heavy atom. The van der Waals surface area contributed by atoms with Crippen molar-refractivity contribution in [3.63, 3.8) is 0 Å². The van der Waals surface area contributed by atoms with Gasteiger partial charge in [-0.2, -0.15) is 0 Å². The van der Waals surface area contributed by atoms with E-state index in [0.29, 0.717) is 0 Å². The molecule has 242 valence electrons. The molecule has 0 radical (unpaired) electrons. The summed E-state index contributed by atoms with van der Waals surface area (Å²) in [7, 11) is 0. The van der Waals surface area contributed by atoms with Crippen molar-refractivity contribution < 1.29 is 18.0 Å². The summed E-state index contributed by atoms with van der Waals surface area (Å²) in [4.78, 5) is 0. The molecule has 2 aliphatic rings. The van der Waals surface area contributed by atoms with E-state index in [1.807, 2.05) is 12.1 Å². The Morgan fingerprint density at radius 1 is 0.717 bits per heavy atom. The summed E-state index contributed by atoms with van der Waals surface area (Å²) in [5.41, 5.74) is 11.1. The molecule has 0 aromatic heterocycles. The molecule has 4 aromatic rings. The third-order valence-corrected chi connectivity index (χ3v) is 35.1. The van der Waals surface area contributed by atoms with Gasteiger partial charge in [-0.05, 0) is 0 Å². The monoisotopic (exact) mass is 858 g/mol. The number of allylic oxidation sites excluding steroid dienone is 4. The summed E-state index contributed by atoms with van der Waals surface area (Å²) >= 11 is 8.60. The molecule has 0 fully saturated rings. The first-order chi connectivity index (χ1) is 20.5. The number of benzene rings is 4. The predicted octanol–water partition coefficient (Wildman–Crippen LogP) is 10.9. The molecule has 0 spiro atoms. The Bertz CT molecular complexity index is 1930. The molecular formula is C41H46Cl4Hf. The van der Waals surface area contributed by atoms with Crippen LogP contribution in [0, 0.1) is 13.8 Å². The van der Waals surface area contributed by atoms with E-state index < -0.39 is 18.0 Å². The predicted molar refractivity (Wildman–Crippen MR) is 207 cm³/mol. The summed E-state index contributed by atoms with van der Waals surface area (Å²) in [5.74, 6) is 0. The number of hydrogen-bond acceptors (Lipinski definition) is 0. The number of fused-ring (bicyclic) bond motifs is 3. The van der Waals surface area contributed by atoms with Crippen LogP contribution in [0.1, 0.15) is 81.3 Å². The molecule has 0 amide bonds. The first kappa shape index (κ1) is 37.1. The summed E-state index contributed by atoms with van der Waals surface area (Å²) < 4.78 is 11.1. The molecular weight excluding hydrogens is 813 g/mol. The molecule has 6 rings (SSSR count). The molecule has 5 heteroatoms. The van der Waals surface area contributed by atoms with E-state index in [-0.39, 0.29) is 35.6 Å². The van der Waals surface area contributed by atoms with Crippen LogP contribution in [0.2, 0.25) is 10.0 Å². The van der Waals surface area contributed by atoms with Crippen molar-refractivity contribution in [2.24, 2.45) is 0 Å². The molecule has 0 nitrogen and oxygen atoms in total. The van der Waals surface area contributed by atoms with E-state index in [4.69, 9.17) is 27.5 Å². The standard InChI is InChI=1S/C23H29.2C6H4Cl.C5H5.CH2.2ClH.Hf/c1-14-9-16-11-17-10-15(2)21(23(6,7)8)13-19(17)18(16)12-20(14)22(3,4)5;2*7-6-4-2-1-3-5-6;1-2-4-5-3-1;;;;/h9,12-13H,11H2,1-8H3;2*1-2,4-5H;1-3H,4H2;1H2;2*1H;. The van der Waals surface area contributed by atoms with Crippen LogP contribution in [-0.4, -0.2) is 4.26 Å². The van der Waals surface area contributed by atoms with Crippen molar-refractivity contribution in [3.8, 4) is 11.1 Å². The quantitative estimate of drug-likeness (QED) is 0.158. The van der Waals surface area contributed by atoms with Crippen LogP contribution in [-0.2, 0) is 35.3 Å². The van der Waals surface area contributed by atoms with Gasteiger partial charge in [0, 0.05) is 0 Å². The van der Waals surface area contributed by atoms with Crippen molar-refractivity contribution >= 4 is 62.2 Å². The van der Waals surface area contributed by atoms with Crippen LogP contribution in [0.5, 0.6) is 0 Å². The zero-order valence-electron chi connectivity index (χ0n) is 28.3. The molecule has 0 heterocycles. The first-order valence-corrected chi connectivity index (χ1v) is 26.3. The molecule has 0 aliphatic heterocycles. The summed E-state index contributed by atoms with van der Waals surface area (Å²) in [6, 6.07) is 24.7. The van der Waals surface area contributed by atoms with Gasteiger partial charge in [-0.3, -0.25) is 0 Å². The second-order valence-corrected chi connectivity index (χ2v) is 34.8. The van der Waals surface area contributed by atoms with Gasteiger partial charge in [0.05, 0.1) is 0 Å². The molecule has 0 atom stereocenters. The molecule has 0 saturated heterocycles.